The second-order valence-electron chi connectivity index (χ2n) is 4.82. The zero-order valence-electron chi connectivity index (χ0n) is 11.7. The molecular formula is C16H14N4O2. The van der Waals surface area contributed by atoms with Crippen LogP contribution in [0.4, 0.5) is 5.88 Å². The summed E-state index contributed by atoms with van der Waals surface area (Å²) in [5.41, 5.74) is 2.35. The van der Waals surface area contributed by atoms with Crippen molar-refractivity contribution in [2.75, 3.05) is 0 Å². The smallest absolute Gasteiger partial charge is 0.339 e. The Bertz CT molecular complexity index is 702. The van der Waals surface area contributed by atoms with E-state index in [2.05, 4.69) is 39.9 Å². The maximum absolute atomic E-state index is 10.1. The van der Waals surface area contributed by atoms with Gasteiger partial charge in [-0.2, -0.15) is 0 Å². The number of rotatable bonds is 5. The van der Waals surface area contributed by atoms with Gasteiger partial charge in [-0.1, -0.05) is 60.7 Å². The van der Waals surface area contributed by atoms with Gasteiger partial charge in [-0.3, -0.25) is 4.52 Å². The molecule has 0 unspecified atom stereocenters. The fraction of sp³-hybridized carbons (Fsp3) is 0.125. The van der Waals surface area contributed by atoms with Gasteiger partial charge in [0.25, 0.3) is 6.20 Å². The van der Waals surface area contributed by atoms with Crippen molar-refractivity contribution in [3.63, 3.8) is 0 Å². The van der Waals surface area contributed by atoms with E-state index < -0.39 is 0 Å². The summed E-state index contributed by atoms with van der Waals surface area (Å²) in [6, 6.07) is 20.3. The first-order chi connectivity index (χ1) is 10.9. The first kappa shape index (κ1) is 13.9. The van der Waals surface area contributed by atoms with E-state index in [0.717, 1.165) is 0 Å². The molecular weight excluding hydrogens is 280 g/mol. The van der Waals surface area contributed by atoms with Crippen LogP contribution < -0.4 is 4.68 Å². The van der Waals surface area contributed by atoms with Crippen molar-refractivity contribution in [3.8, 4) is 0 Å². The zero-order chi connectivity index (χ0) is 15.2. The standard InChI is InChI=1S/C16H14N4O2/c21-18-17-16-12-20(19-22-16)11-15(13-7-3-1-4-8-13)14-9-5-2-6-10-14/h1-10,12,15H,11H2. The summed E-state index contributed by atoms with van der Waals surface area (Å²) in [5, 5.41) is 19.8. The Labute approximate surface area is 127 Å². The normalized spacial score (nSPS) is 11.3. The Kier molecular flexibility index (Phi) is 4.20. The second-order valence-corrected chi connectivity index (χ2v) is 4.82. The van der Waals surface area contributed by atoms with Crippen molar-refractivity contribution in [1.82, 2.24) is 5.27 Å². The monoisotopic (exact) mass is 294 g/mol. The average Bonchev–Trinajstić information content (AvgIpc) is 3.02. The number of nitrogens with zero attached hydrogens (tertiary/aromatic N) is 4. The molecule has 3 aromatic rings. The summed E-state index contributed by atoms with van der Waals surface area (Å²) >= 11 is 0. The van der Waals surface area contributed by atoms with Crippen molar-refractivity contribution in [3.05, 3.63) is 83.2 Å². The molecule has 0 N–H and O–H groups in total. The van der Waals surface area contributed by atoms with Gasteiger partial charge in [0.1, 0.15) is 0 Å². The molecule has 0 saturated heterocycles. The third-order valence-electron chi connectivity index (χ3n) is 3.41. The summed E-state index contributed by atoms with van der Waals surface area (Å²) in [5.74, 6) is 0.212. The van der Waals surface area contributed by atoms with E-state index >= 15 is 0 Å². The Balaban J connectivity index is 1.92. The minimum Gasteiger partial charge on any atom is -0.775 e. The lowest BCUT2D eigenvalue weighted by atomic mass is 9.91. The molecule has 110 valence electrons. The minimum absolute atomic E-state index is 0.0925. The third kappa shape index (κ3) is 3.17. The second kappa shape index (κ2) is 6.62. The van der Waals surface area contributed by atoms with Crippen molar-refractivity contribution < 1.29 is 9.20 Å². The summed E-state index contributed by atoms with van der Waals surface area (Å²) in [7, 11) is 0. The van der Waals surface area contributed by atoms with Crippen LogP contribution in [-0.2, 0) is 6.54 Å². The summed E-state index contributed by atoms with van der Waals surface area (Å²) in [6.45, 7) is 0.575. The van der Waals surface area contributed by atoms with Crippen LogP contribution in [0.2, 0.25) is 0 Å². The molecule has 0 atom stereocenters. The molecule has 0 amide bonds. The number of hydrogen-bond acceptors (Lipinski definition) is 5. The molecule has 0 fully saturated rings. The Hall–Kier alpha value is -3.02. The van der Waals surface area contributed by atoms with Crippen LogP contribution >= 0.6 is 0 Å². The van der Waals surface area contributed by atoms with Gasteiger partial charge in [-0.15, -0.1) is 5.11 Å². The van der Waals surface area contributed by atoms with Crippen LogP contribution in [0.15, 0.2) is 81.8 Å². The van der Waals surface area contributed by atoms with E-state index in [1.54, 1.807) is 10.9 Å². The number of hydrogen-bond donors (Lipinski definition) is 0. The SMILES string of the molecule is [O-]/N=N/c1c[n+](CC(c2ccccc2)c2ccccc2)no1. The molecule has 0 bridgehead atoms. The van der Waals surface area contributed by atoms with E-state index in [4.69, 9.17) is 4.52 Å². The number of aromatic nitrogens is 2. The summed E-state index contributed by atoms with van der Waals surface area (Å²) in [6.07, 6.45) is 1.56. The lowest BCUT2D eigenvalue weighted by Crippen LogP contribution is -2.38. The molecule has 6 nitrogen and oxygen atoms in total. The molecule has 1 aromatic heterocycles. The van der Waals surface area contributed by atoms with Gasteiger partial charge in [-0.25, -0.2) is 5.28 Å². The van der Waals surface area contributed by atoms with E-state index in [9.17, 15) is 5.21 Å². The van der Waals surface area contributed by atoms with Crippen molar-refractivity contribution in [1.29, 1.82) is 0 Å². The van der Waals surface area contributed by atoms with Gasteiger partial charge in [0.15, 0.2) is 6.54 Å². The highest BCUT2D eigenvalue weighted by Gasteiger charge is 2.22. The molecule has 0 aliphatic rings. The first-order valence-electron chi connectivity index (χ1n) is 6.86. The average molecular weight is 294 g/mol. The summed E-state index contributed by atoms with van der Waals surface area (Å²) < 4.78 is 6.55. The van der Waals surface area contributed by atoms with Gasteiger partial charge in [0.2, 0.25) is 5.27 Å². The van der Waals surface area contributed by atoms with Crippen LogP contribution in [0.25, 0.3) is 0 Å². The van der Waals surface area contributed by atoms with E-state index in [-0.39, 0.29) is 11.8 Å². The van der Waals surface area contributed by atoms with Gasteiger partial charge in [0, 0.05) is 0 Å². The quantitative estimate of drug-likeness (QED) is 0.411. The fourth-order valence-electron chi connectivity index (χ4n) is 2.40. The van der Waals surface area contributed by atoms with Crippen LogP contribution in [0, 0.1) is 5.21 Å². The molecule has 3 rings (SSSR count). The highest BCUT2D eigenvalue weighted by Crippen LogP contribution is 2.24. The molecule has 6 heteroatoms. The topological polar surface area (TPSA) is 77.7 Å². The third-order valence-corrected chi connectivity index (χ3v) is 3.41. The Morgan fingerprint density at radius 1 is 1.00 bits per heavy atom. The van der Waals surface area contributed by atoms with E-state index in [0.29, 0.717) is 6.54 Å². The minimum atomic E-state index is 0.0925. The van der Waals surface area contributed by atoms with Gasteiger partial charge in [0.05, 0.1) is 5.92 Å². The Morgan fingerprint density at radius 3 is 2.14 bits per heavy atom. The van der Waals surface area contributed by atoms with Crippen LogP contribution in [0.1, 0.15) is 17.0 Å². The van der Waals surface area contributed by atoms with E-state index in [1.165, 1.54) is 11.1 Å². The lowest BCUT2D eigenvalue weighted by Gasteiger charge is -2.13. The maximum Gasteiger partial charge on any atom is 0.339 e. The van der Waals surface area contributed by atoms with Crippen molar-refractivity contribution in [2.24, 2.45) is 10.4 Å². The van der Waals surface area contributed by atoms with Crippen LogP contribution in [-0.4, -0.2) is 5.27 Å². The molecule has 0 radical (unpaired) electrons. The summed E-state index contributed by atoms with van der Waals surface area (Å²) in [4.78, 5) is 0. The van der Waals surface area contributed by atoms with Crippen LogP contribution in [0.5, 0.6) is 0 Å². The highest BCUT2D eigenvalue weighted by molar-refractivity contribution is 5.31. The lowest BCUT2D eigenvalue weighted by molar-refractivity contribution is -0.763. The molecule has 0 saturated carbocycles. The van der Waals surface area contributed by atoms with Gasteiger partial charge in [-0.05, 0) is 15.8 Å². The molecule has 0 aliphatic carbocycles. The first-order valence-corrected chi connectivity index (χ1v) is 6.86. The van der Waals surface area contributed by atoms with Crippen molar-refractivity contribution in [2.45, 2.75) is 12.5 Å². The largest absolute Gasteiger partial charge is 0.775 e. The van der Waals surface area contributed by atoms with Crippen LogP contribution in [0.3, 0.4) is 0 Å². The maximum atomic E-state index is 10.1. The fourth-order valence-corrected chi connectivity index (χ4v) is 2.40. The van der Waals surface area contributed by atoms with E-state index in [1.807, 2.05) is 36.4 Å². The van der Waals surface area contributed by atoms with Crippen molar-refractivity contribution >= 4 is 5.88 Å². The molecule has 0 aliphatic heterocycles. The number of benzene rings is 2. The Morgan fingerprint density at radius 2 is 1.59 bits per heavy atom. The highest BCUT2D eigenvalue weighted by atomic mass is 16.5. The predicted molar refractivity (Wildman–Crippen MR) is 79.3 cm³/mol. The molecule has 1 heterocycles. The molecule has 22 heavy (non-hydrogen) atoms. The molecule has 2 aromatic carbocycles. The molecule has 0 spiro atoms. The zero-order valence-corrected chi connectivity index (χ0v) is 11.7. The van der Waals surface area contributed by atoms with Gasteiger partial charge >= 0.3 is 5.88 Å². The van der Waals surface area contributed by atoms with Gasteiger partial charge < -0.3 is 5.21 Å². The predicted octanol–water partition coefficient (Wildman–Crippen LogP) is 3.38.